The minimum atomic E-state index is 0.191. The molecule has 0 aliphatic heterocycles. The number of benzene rings is 2. The molecular weight excluding hydrogens is 302 g/mol. The van der Waals surface area contributed by atoms with Gasteiger partial charge in [0, 0.05) is 5.56 Å². The minimum Gasteiger partial charge on any atom is -0.497 e. The number of hydrogen-bond donors (Lipinski definition) is 0. The van der Waals surface area contributed by atoms with E-state index in [2.05, 4.69) is 16.2 Å². The Hall–Kier alpha value is -3.39. The number of rotatable bonds is 4. The van der Waals surface area contributed by atoms with Crippen LogP contribution in [0.5, 0.6) is 5.75 Å². The Bertz CT molecular complexity index is 918. The van der Waals surface area contributed by atoms with Crippen LogP contribution < -0.4 is 4.74 Å². The number of aryl methyl sites for hydroxylation is 1. The van der Waals surface area contributed by atoms with Crippen LogP contribution in [0.1, 0.15) is 17.0 Å². The van der Waals surface area contributed by atoms with Gasteiger partial charge in [0.1, 0.15) is 17.4 Å². The highest BCUT2D eigenvalue weighted by Crippen LogP contribution is 2.22. The summed E-state index contributed by atoms with van der Waals surface area (Å²) >= 11 is 0. The van der Waals surface area contributed by atoms with Crippen molar-refractivity contribution in [3.05, 3.63) is 65.5 Å². The lowest BCUT2D eigenvalue weighted by Crippen LogP contribution is -1.86. The quantitative estimate of drug-likeness (QED) is 0.677. The van der Waals surface area contributed by atoms with Gasteiger partial charge in [0.2, 0.25) is 5.82 Å². The van der Waals surface area contributed by atoms with Crippen molar-refractivity contribution in [2.24, 2.45) is 0 Å². The van der Waals surface area contributed by atoms with Gasteiger partial charge >= 0.3 is 0 Å². The minimum absolute atomic E-state index is 0.191. The molecule has 0 bridgehead atoms. The molecule has 0 unspecified atom stereocenters. The summed E-state index contributed by atoms with van der Waals surface area (Å²) in [5, 5.41) is 13.4. The first kappa shape index (κ1) is 15.5. The van der Waals surface area contributed by atoms with Gasteiger partial charge in [-0.15, -0.1) is 0 Å². The number of hydrogen-bond acceptors (Lipinski definition) is 5. The molecule has 24 heavy (non-hydrogen) atoms. The molecule has 118 valence electrons. The highest BCUT2D eigenvalue weighted by atomic mass is 16.5. The molecule has 0 aliphatic carbocycles. The molecule has 0 amide bonds. The van der Waals surface area contributed by atoms with E-state index in [9.17, 15) is 5.26 Å². The topological polar surface area (TPSA) is 71.9 Å². The molecule has 0 radical (unpaired) electrons. The van der Waals surface area contributed by atoms with Gasteiger partial charge in [0.05, 0.1) is 7.11 Å². The average Bonchev–Trinajstić information content (AvgIpc) is 3.10. The standard InChI is InChI=1S/C19H15N3O2/c1-13-6-8-15(9-7-13)18-21-19(24-22-18)16(12-20)10-14-4-3-5-17(11-14)23-2/h3-11H,1-2H3/b16-10+. The molecule has 3 rings (SSSR count). The van der Waals surface area contributed by atoms with E-state index in [0.717, 1.165) is 16.7 Å². The van der Waals surface area contributed by atoms with E-state index in [4.69, 9.17) is 9.26 Å². The van der Waals surface area contributed by atoms with Gasteiger partial charge in [0.25, 0.3) is 5.89 Å². The highest BCUT2D eigenvalue weighted by molar-refractivity contribution is 5.86. The third-order valence-corrected chi connectivity index (χ3v) is 3.49. The van der Waals surface area contributed by atoms with E-state index in [0.29, 0.717) is 17.1 Å². The third-order valence-electron chi connectivity index (χ3n) is 3.49. The number of allylic oxidation sites excluding steroid dienone is 1. The van der Waals surface area contributed by atoms with Crippen molar-refractivity contribution in [2.45, 2.75) is 6.92 Å². The second-order valence-corrected chi connectivity index (χ2v) is 5.24. The normalized spacial score (nSPS) is 11.1. The number of nitriles is 1. The third kappa shape index (κ3) is 3.33. The molecule has 5 nitrogen and oxygen atoms in total. The van der Waals surface area contributed by atoms with Crippen molar-refractivity contribution in [2.75, 3.05) is 7.11 Å². The van der Waals surface area contributed by atoms with Crippen molar-refractivity contribution < 1.29 is 9.26 Å². The van der Waals surface area contributed by atoms with Gasteiger partial charge < -0.3 is 9.26 Å². The molecule has 0 atom stereocenters. The number of methoxy groups -OCH3 is 1. The monoisotopic (exact) mass is 317 g/mol. The van der Waals surface area contributed by atoms with E-state index in [1.807, 2.05) is 55.5 Å². The van der Waals surface area contributed by atoms with Crippen molar-refractivity contribution in [3.63, 3.8) is 0 Å². The van der Waals surface area contributed by atoms with Gasteiger partial charge in [-0.3, -0.25) is 0 Å². The first-order valence-electron chi connectivity index (χ1n) is 7.36. The van der Waals surface area contributed by atoms with Crippen molar-refractivity contribution in [3.8, 4) is 23.2 Å². The summed E-state index contributed by atoms with van der Waals surface area (Å²) in [4.78, 5) is 4.32. The Morgan fingerprint density at radius 3 is 2.71 bits per heavy atom. The maximum atomic E-state index is 9.41. The molecule has 0 saturated heterocycles. The summed E-state index contributed by atoms with van der Waals surface area (Å²) in [6.45, 7) is 2.01. The Morgan fingerprint density at radius 2 is 2.00 bits per heavy atom. The molecule has 1 aromatic heterocycles. The van der Waals surface area contributed by atoms with Crippen LogP contribution in [-0.2, 0) is 0 Å². The molecule has 0 saturated carbocycles. The van der Waals surface area contributed by atoms with Crippen LogP contribution >= 0.6 is 0 Å². The fourth-order valence-corrected chi connectivity index (χ4v) is 2.19. The first-order chi connectivity index (χ1) is 11.7. The van der Waals surface area contributed by atoms with E-state index < -0.39 is 0 Å². The molecule has 2 aromatic carbocycles. The highest BCUT2D eigenvalue weighted by Gasteiger charge is 2.13. The Labute approximate surface area is 139 Å². The Morgan fingerprint density at radius 1 is 1.21 bits per heavy atom. The first-order valence-corrected chi connectivity index (χ1v) is 7.36. The lowest BCUT2D eigenvalue weighted by atomic mass is 10.1. The second-order valence-electron chi connectivity index (χ2n) is 5.24. The van der Waals surface area contributed by atoms with Crippen molar-refractivity contribution in [1.29, 1.82) is 5.26 Å². The largest absolute Gasteiger partial charge is 0.497 e. The number of aromatic nitrogens is 2. The molecule has 3 aromatic rings. The van der Waals surface area contributed by atoms with E-state index in [-0.39, 0.29) is 5.89 Å². The van der Waals surface area contributed by atoms with Crippen LogP contribution in [0.3, 0.4) is 0 Å². The lowest BCUT2D eigenvalue weighted by molar-refractivity contribution is 0.409. The SMILES string of the molecule is COc1cccc(/C=C(\C#N)c2nc(-c3ccc(C)cc3)no2)c1. The van der Waals surface area contributed by atoms with E-state index >= 15 is 0 Å². The summed E-state index contributed by atoms with van der Waals surface area (Å²) in [6, 6.07) is 17.3. The molecule has 5 heteroatoms. The zero-order valence-corrected chi connectivity index (χ0v) is 13.4. The predicted molar refractivity (Wildman–Crippen MR) is 90.9 cm³/mol. The van der Waals surface area contributed by atoms with Crippen LogP contribution in [0.25, 0.3) is 23.0 Å². The van der Waals surface area contributed by atoms with Crippen LogP contribution in [0.4, 0.5) is 0 Å². The Kier molecular flexibility index (Phi) is 4.39. The van der Waals surface area contributed by atoms with Crippen LogP contribution in [-0.4, -0.2) is 17.3 Å². The van der Waals surface area contributed by atoms with E-state index in [1.165, 1.54) is 0 Å². The summed E-state index contributed by atoms with van der Waals surface area (Å²) in [6.07, 6.45) is 1.69. The van der Waals surface area contributed by atoms with Crippen LogP contribution in [0.15, 0.2) is 53.1 Å². The van der Waals surface area contributed by atoms with Crippen LogP contribution in [0.2, 0.25) is 0 Å². The fraction of sp³-hybridized carbons (Fsp3) is 0.105. The van der Waals surface area contributed by atoms with Gasteiger partial charge in [-0.05, 0) is 30.7 Å². The summed E-state index contributed by atoms with van der Waals surface area (Å²) in [5.74, 6) is 1.36. The van der Waals surface area contributed by atoms with E-state index in [1.54, 1.807) is 13.2 Å². The zero-order chi connectivity index (χ0) is 16.9. The molecule has 0 aliphatic rings. The Balaban J connectivity index is 1.93. The summed E-state index contributed by atoms with van der Waals surface area (Å²) in [7, 11) is 1.60. The second kappa shape index (κ2) is 6.80. The number of ether oxygens (including phenoxy) is 1. The van der Waals surface area contributed by atoms with Gasteiger partial charge in [0.15, 0.2) is 0 Å². The lowest BCUT2D eigenvalue weighted by Gasteiger charge is -2.00. The number of nitrogens with zero attached hydrogens (tertiary/aromatic N) is 3. The maximum Gasteiger partial charge on any atom is 0.268 e. The van der Waals surface area contributed by atoms with Crippen molar-refractivity contribution in [1.82, 2.24) is 10.1 Å². The summed E-state index contributed by atoms with van der Waals surface area (Å²) < 4.78 is 10.4. The maximum absolute atomic E-state index is 9.41. The summed E-state index contributed by atoms with van der Waals surface area (Å²) in [5.41, 5.74) is 3.11. The predicted octanol–water partition coefficient (Wildman–Crippen LogP) is 4.12. The van der Waals surface area contributed by atoms with Crippen LogP contribution in [0, 0.1) is 18.3 Å². The fourth-order valence-electron chi connectivity index (χ4n) is 2.19. The molecule has 0 fully saturated rings. The molecule has 0 N–H and O–H groups in total. The van der Waals surface area contributed by atoms with Gasteiger partial charge in [-0.2, -0.15) is 10.2 Å². The van der Waals surface area contributed by atoms with Gasteiger partial charge in [-0.1, -0.05) is 47.1 Å². The smallest absolute Gasteiger partial charge is 0.268 e. The zero-order valence-electron chi connectivity index (χ0n) is 13.4. The molecule has 1 heterocycles. The van der Waals surface area contributed by atoms with Gasteiger partial charge in [-0.25, -0.2) is 0 Å². The van der Waals surface area contributed by atoms with Crippen molar-refractivity contribution >= 4 is 11.6 Å². The molecular formula is C19H15N3O2. The molecule has 0 spiro atoms. The average molecular weight is 317 g/mol.